The molecule has 0 amide bonds. The van der Waals surface area contributed by atoms with Gasteiger partial charge in [0.05, 0.1) is 10.8 Å². The van der Waals surface area contributed by atoms with Gasteiger partial charge in [-0.15, -0.1) is 11.3 Å². The molecular formula is C16H13F2N3OS. The number of aromatic nitrogens is 2. The highest BCUT2D eigenvalue weighted by Crippen LogP contribution is 2.30. The lowest BCUT2D eigenvalue weighted by Gasteiger charge is -2.37. The molecule has 4 rings (SSSR count). The predicted molar refractivity (Wildman–Crippen MR) is 82.0 cm³/mol. The van der Waals surface area contributed by atoms with E-state index in [1.165, 1.54) is 12.1 Å². The molecule has 0 spiro atoms. The molecule has 7 heteroatoms. The molecule has 0 bridgehead atoms. The molecule has 4 nitrogen and oxygen atoms in total. The van der Waals surface area contributed by atoms with E-state index in [1.807, 2.05) is 17.5 Å². The van der Waals surface area contributed by atoms with Crippen LogP contribution in [-0.4, -0.2) is 28.1 Å². The second-order valence-electron chi connectivity index (χ2n) is 5.56. The van der Waals surface area contributed by atoms with Crippen LogP contribution in [0.15, 0.2) is 40.2 Å². The van der Waals surface area contributed by atoms with Crippen LogP contribution < -0.4 is 0 Å². The molecule has 1 saturated heterocycles. The van der Waals surface area contributed by atoms with Crippen LogP contribution in [0.4, 0.5) is 8.78 Å². The van der Waals surface area contributed by atoms with Crippen molar-refractivity contribution < 1.29 is 13.3 Å². The number of thiophene rings is 1. The lowest BCUT2D eigenvalue weighted by molar-refractivity contribution is 0.116. The highest BCUT2D eigenvalue weighted by Gasteiger charge is 2.33. The first-order chi connectivity index (χ1) is 11.2. The van der Waals surface area contributed by atoms with Gasteiger partial charge in [0.25, 0.3) is 0 Å². The van der Waals surface area contributed by atoms with Crippen molar-refractivity contribution in [3.63, 3.8) is 0 Å². The van der Waals surface area contributed by atoms with Crippen molar-refractivity contribution in [2.45, 2.75) is 12.5 Å². The second-order valence-corrected chi connectivity index (χ2v) is 6.51. The smallest absolute Gasteiger partial charge is 0.232 e. The van der Waals surface area contributed by atoms with E-state index in [2.05, 4.69) is 15.0 Å². The minimum Gasteiger partial charge on any atom is -0.339 e. The Kier molecular flexibility index (Phi) is 3.66. The van der Waals surface area contributed by atoms with Gasteiger partial charge in [0.2, 0.25) is 11.7 Å². The number of hydrogen-bond acceptors (Lipinski definition) is 5. The van der Waals surface area contributed by atoms with Gasteiger partial charge in [-0.05, 0) is 17.5 Å². The Morgan fingerprint density at radius 2 is 2.13 bits per heavy atom. The Morgan fingerprint density at radius 3 is 2.87 bits per heavy atom. The number of hydrogen-bond donors (Lipinski definition) is 0. The summed E-state index contributed by atoms with van der Waals surface area (Å²) in [6, 6.07) is 7.57. The molecule has 1 aliphatic heterocycles. The quantitative estimate of drug-likeness (QED) is 0.730. The van der Waals surface area contributed by atoms with Gasteiger partial charge in [-0.1, -0.05) is 17.3 Å². The Morgan fingerprint density at radius 1 is 1.26 bits per heavy atom. The lowest BCUT2D eigenvalue weighted by Crippen LogP contribution is -2.44. The molecule has 23 heavy (non-hydrogen) atoms. The van der Waals surface area contributed by atoms with Gasteiger partial charge in [-0.3, -0.25) is 4.90 Å². The fraction of sp³-hybridized carbons (Fsp3) is 0.250. The molecule has 3 heterocycles. The van der Waals surface area contributed by atoms with E-state index < -0.39 is 11.6 Å². The molecule has 0 unspecified atom stereocenters. The highest BCUT2D eigenvalue weighted by atomic mass is 32.1. The number of benzene rings is 1. The van der Waals surface area contributed by atoms with Crippen molar-refractivity contribution in [3.05, 3.63) is 58.8 Å². The van der Waals surface area contributed by atoms with Gasteiger partial charge in [0, 0.05) is 31.3 Å². The van der Waals surface area contributed by atoms with Crippen LogP contribution in [0, 0.1) is 11.6 Å². The minimum atomic E-state index is -0.556. The van der Waals surface area contributed by atoms with Gasteiger partial charge in [-0.25, -0.2) is 8.78 Å². The monoisotopic (exact) mass is 333 g/mol. The van der Waals surface area contributed by atoms with Crippen LogP contribution in [0.1, 0.15) is 17.4 Å². The first-order valence-electron chi connectivity index (χ1n) is 7.23. The average Bonchev–Trinajstić information content (AvgIpc) is 3.15. The summed E-state index contributed by atoms with van der Waals surface area (Å²) in [5.41, 5.74) is 0.495. The van der Waals surface area contributed by atoms with E-state index >= 15 is 0 Å². The summed E-state index contributed by atoms with van der Waals surface area (Å²) in [5, 5.41) is 5.96. The first-order valence-corrected chi connectivity index (χ1v) is 8.11. The Labute approximate surface area is 135 Å². The summed E-state index contributed by atoms with van der Waals surface area (Å²) >= 11 is 1.56. The van der Waals surface area contributed by atoms with Crippen LogP contribution in [-0.2, 0) is 6.54 Å². The molecule has 0 radical (unpaired) electrons. The maximum Gasteiger partial charge on any atom is 0.232 e. The molecule has 2 aromatic heterocycles. The third kappa shape index (κ3) is 2.89. The van der Waals surface area contributed by atoms with Crippen LogP contribution in [0.2, 0.25) is 0 Å². The van der Waals surface area contributed by atoms with E-state index in [0.717, 1.165) is 24.0 Å². The topological polar surface area (TPSA) is 42.2 Å². The average molecular weight is 333 g/mol. The van der Waals surface area contributed by atoms with Gasteiger partial charge >= 0.3 is 0 Å². The molecular weight excluding hydrogens is 320 g/mol. The van der Waals surface area contributed by atoms with E-state index in [-0.39, 0.29) is 5.92 Å². The van der Waals surface area contributed by atoms with Gasteiger partial charge in [-0.2, -0.15) is 4.98 Å². The van der Waals surface area contributed by atoms with E-state index in [1.54, 1.807) is 11.3 Å². The van der Waals surface area contributed by atoms with Crippen molar-refractivity contribution in [2.75, 3.05) is 13.1 Å². The molecule has 0 N–H and O–H groups in total. The van der Waals surface area contributed by atoms with E-state index in [4.69, 9.17) is 4.52 Å². The standard InChI is InChI=1S/C16H13F2N3OS/c17-12-4-3-10(13(18)6-12)7-21-8-11(9-21)16-19-15(20-22-16)14-2-1-5-23-14/h1-6,11H,7-9H2. The zero-order chi connectivity index (χ0) is 15.8. The maximum absolute atomic E-state index is 13.6. The lowest BCUT2D eigenvalue weighted by atomic mass is 9.99. The summed E-state index contributed by atoms with van der Waals surface area (Å²) < 4.78 is 31.9. The number of nitrogens with zero attached hydrogens (tertiary/aromatic N) is 3. The van der Waals surface area contributed by atoms with Crippen molar-refractivity contribution in [2.24, 2.45) is 0 Å². The molecule has 118 valence electrons. The summed E-state index contributed by atoms with van der Waals surface area (Å²) in [6.07, 6.45) is 0. The fourth-order valence-electron chi connectivity index (χ4n) is 2.65. The van der Waals surface area contributed by atoms with Crippen LogP contribution >= 0.6 is 11.3 Å². The largest absolute Gasteiger partial charge is 0.339 e. The zero-order valence-corrected chi connectivity index (χ0v) is 12.9. The highest BCUT2D eigenvalue weighted by molar-refractivity contribution is 7.13. The van der Waals surface area contributed by atoms with Crippen molar-refractivity contribution in [1.29, 1.82) is 0 Å². The Bertz CT molecular complexity index is 813. The summed E-state index contributed by atoms with van der Waals surface area (Å²) in [6.45, 7) is 1.90. The maximum atomic E-state index is 13.6. The Balaban J connectivity index is 1.38. The van der Waals surface area contributed by atoms with Crippen LogP contribution in [0.25, 0.3) is 10.7 Å². The summed E-state index contributed by atoms with van der Waals surface area (Å²) in [7, 11) is 0. The van der Waals surface area contributed by atoms with Crippen molar-refractivity contribution in [3.8, 4) is 10.7 Å². The van der Waals surface area contributed by atoms with Crippen molar-refractivity contribution >= 4 is 11.3 Å². The number of halogens is 2. The molecule has 1 aromatic carbocycles. The van der Waals surface area contributed by atoms with Gasteiger partial charge < -0.3 is 4.52 Å². The van der Waals surface area contributed by atoms with Crippen LogP contribution in [0.3, 0.4) is 0 Å². The third-order valence-corrected chi connectivity index (χ3v) is 4.76. The van der Waals surface area contributed by atoms with E-state index in [9.17, 15) is 8.78 Å². The molecule has 0 saturated carbocycles. The number of likely N-dealkylation sites (tertiary alicyclic amines) is 1. The van der Waals surface area contributed by atoms with Crippen LogP contribution in [0.5, 0.6) is 0 Å². The number of rotatable bonds is 4. The fourth-order valence-corrected chi connectivity index (χ4v) is 3.30. The molecule has 3 aromatic rings. The molecule has 0 aliphatic carbocycles. The molecule has 0 atom stereocenters. The second kappa shape index (κ2) is 5.82. The molecule has 1 aliphatic rings. The molecule has 1 fully saturated rings. The van der Waals surface area contributed by atoms with E-state index in [0.29, 0.717) is 23.8 Å². The normalized spacial score (nSPS) is 15.7. The summed E-state index contributed by atoms with van der Waals surface area (Å²) in [4.78, 5) is 7.47. The minimum absolute atomic E-state index is 0.166. The zero-order valence-electron chi connectivity index (χ0n) is 12.1. The first kappa shape index (κ1) is 14.5. The van der Waals surface area contributed by atoms with Crippen molar-refractivity contribution in [1.82, 2.24) is 15.0 Å². The third-order valence-electron chi connectivity index (χ3n) is 3.90. The van der Waals surface area contributed by atoms with Gasteiger partial charge in [0.1, 0.15) is 11.6 Å². The SMILES string of the molecule is Fc1ccc(CN2CC(c3nc(-c4cccs4)no3)C2)c(F)c1. The summed E-state index contributed by atoms with van der Waals surface area (Å²) in [5.74, 6) is 0.327. The Hall–Kier alpha value is -2.12. The van der Waals surface area contributed by atoms with Gasteiger partial charge in [0.15, 0.2) is 0 Å². The predicted octanol–water partition coefficient (Wildman–Crippen LogP) is 3.68.